The number of nitrogens with zero attached hydrogens (tertiary/aromatic N) is 3. The van der Waals surface area contributed by atoms with Gasteiger partial charge in [0.1, 0.15) is 5.82 Å². The summed E-state index contributed by atoms with van der Waals surface area (Å²) >= 11 is 0. The fourth-order valence-electron chi connectivity index (χ4n) is 3.70. The summed E-state index contributed by atoms with van der Waals surface area (Å²) in [6.07, 6.45) is 7.19. The molecular formula is C16H26N4. The van der Waals surface area contributed by atoms with E-state index < -0.39 is 0 Å². The van der Waals surface area contributed by atoms with E-state index in [2.05, 4.69) is 39.3 Å². The highest BCUT2D eigenvalue weighted by atomic mass is 15.2. The molecule has 20 heavy (non-hydrogen) atoms. The van der Waals surface area contributed by atoms with Crippen molar-refractivity contribution in [1.82, 2.24) is 14.8 Å². The van der Waals surface area contributed by atoms with Gasteiger partial charge >= 0.3 is 0 Å². The molecule has 0 saturated carbocycles. The van der Waals surface area contributed by atoms with Crippen LogP contribution in [0.15, 0.2) is 18.3 Å². The molecule has 1 atom stereocenters. The Morgan fingerprint density at radius 1 is 1.20 bits per heavy atom. The standard InChI is InChI=1S/C16H26N4/c1-17-16-12-13(5-8-18-16)15-4-3-9-20(15)14-6-10-19(2)11-7-14/h5,8,12,14-15H,3-4,6-7,9-11H2,1-2H3,(H,17,18)/t15-/m1/s1. The van der Waals surface area contributed by atoms with Gasteiger partial charge in [0.05, 0.1) is 0 Å². The smallest absolute Gasteiger partial charge is 0.125 e. The highest BCUT2D eigenvalue weighted by Crippen LogP contribution is 2.36. The van der Waals surface area contributed by atoms with Gasteiger partial charge in [-0.1, -0.05) is 0 Å². The maximum absolute atomic E-state index is 4.34. The molecule has 0 radical (unpaired) electrons. The molecule has 0 amide bonds. The number of nitrogens with one attached hydrogen (secondary N) is 1. The van der Waals surface area contributed by atoms with Crippen LogP contribution < -0.4 is 5.32 Å². The van der Waals surface area contributed by atoms with Gasteiger partial charge < -0.3 is 10.2 Å². The number of hydrogen-bond acceptors (Lipinski definition) is 4. The van der Waals surface area contributed by atoms with Crippen LogP contribution >= 0.6 is 0 Å². The molecule has 2 saturated heterocycles. The third-order valence-electron chi connectivity index (χ3n) is 4.88. The van der Waals surface area contributed by atoms with E-state index in [0.717, 1.165) is 11.9 Å². The number of piperidine rings is 1. The molecule has 0 bridgehead atoms. The number of aromatic nitrogens is 1. The third kappa shape index (κ3) is 2.81. The molecule has 0 unspecified atom stereocenters. The Balaban J connectivity index is 1.74. The maximum Gasteiger partial charge on any atom is 0.125 e. The number of pyridine rings is 1. The van der Waals surface area contributed by atoms with E-state index in [0.29, 0.717) is 6.04 Å². The topological polar surface area (TPSA) is 31.4 Å². The number of rotatable bonds is 3. The fraction of sp³-hybridized carbons (Fsp3) is 0.688. The Labute approximate surface area is 122 Å². The summed E-state index contributed by atoms with van der Waals surface area (Å²) in [6, 6.07) is 5.78. The molecule has 4 nitrogen and oxygen atoms in total. The van der Waals surface area contributed by atoms with Gasteiger partial charge in [-0.2, -0.15) is 0 Å². The summed E-state index contributed by atoms with van der Waals surface area (Å²) in [5.41, 5.74) is 1.43. The van der Waals surface area contributed by atoms with Crippen molar-refractivity contribution in [2.24, 2.45) is 0 Å². The Kier molecular flexibility index (Phi) is 4.22. The van der Waals surface area contributed by atoms with Crippen LogP contribution in [0.25, 0.3) is 0 Å². The van der Waals surface area contributed by atoms with Crippen LogP contribution in [0.3, 0.4) is 0 Å². The summed E-state index contributed by atoms with van der Waals surface area (Å²) < 4.78 is 0. The molecule has 1 aromatic rings. The van der Waals surface area contributed by atoms with E-state index in [4.69, 9.17) is 0 Å². The van der Waals surface area contributed by atoms with Gasteiger partial charge in [-0.05, 0) is 70.1 Å². The molecular weight excluding hydrogens is 248 g/mol. The molecule has 2 aliphatic heterocycles. The molecule has 3 rings (SSSR count). The van der Waals surface area contributed by atoms with Gasteiger partial charge in [0.15, 0.2) is 0 Å². The van der Waals surface area contributed by atoms with Crippen molar-refractivity contribution in [3.8, 4) is 0 Å². The Bertz CT molecular complexity index is 440. The van der Waals surface area contributed by atoms with Crippen molar-refractivity contribution in [2.75, 3.05) is 39.0 Å². The van der Waals surface area contributed by atoms with Crippen molar-refractivity contribution in [3.05, 3.63) is 23.9 Å². The fourth-order valence-corrected chi connectivity index (χ4v) is 3.70. The van der Waals surface area contributed by atoms with Crippen LogP contribution in [0.4, 0.5) is 5.82 Å². The molecule has 0 spiro atoms. The van der Waals surface area contributed by atoms with Crippen molar-refractivity contribution >= 4 is 5.82 Å². The zero-order valence-electron chi connectivity index (χ0n) is 12.7. The minimum absolute atomic E-state index is 0.596. The van der Waals surface area contributed by atoms with Crippen molar-refractivity contribution < 1.29 is 0 Å². The normalized spacial score (nSPS) is 26.0. The van der Waals surface area contributed by atoms with Crippen LogP contribution in [-0.2, 0) is 0 Å². The molecule has 2 aliphatic rings. The molecule has 0 aliphatic carbocycles. The van der Waals surface area contributed by atoms with E-state index in [1.807, 2.05) is 13.2 Å². The molecule has 0 aromatic carbocycles. The molecule has 2 fully saturated rings. The van der Waals surface area contributed by atoms with E-state index >= 15 is 0 Å². The van der Waals surface area contributed by atoms with Gasteiger partial charge in [0.25, 0.3) is 0 Å². The number of hydrogen-bond donors (Lipinski definition) is 1. The summed E-state index contributed by atoms with van der Waals surface area (Å²) in [5.74, 6) is 0.984. The third-order valence-corrected chi connectivity index (χ3v) is 4.88. The number of anilines is 1. The minimum Gasteiger partial charge on any atom is -0.373 e. The lowest BCUT2D eigenvalue weighted by Crippen LogP contribution is -2.43. The van der Waals surface area contributed by atoms with Crippen LogP contribution in [0, 0.1) is 0 Å². The maximum atomic E-state index is 4.34. The first-order valence-corrected chi connectivity index (χ1v) is 7.86. The SMILES string of the molecule is CNc1cc([C@H]2CCCN2C2CCN(C)CC2)ccn1. The average Bonchev–Trinajstić information content (AvgIpc) is 2.97. The van der Waals surface area contributed by atoms with Gasteiger partial charge in [-0.15, -0.1) is 0 Å². The predicted octanol–water partition coefficient (Wildman–Crippen LogP) is 2.35. The van der Waals surface area contributed by atoms with E-state index in [1.165, 1.54) is 50.9 Å². The van der Waals surface area contributed by atoms with Crippen LogP contribution in [0.5, 0.6) is 0 Å². The molecule has 110 valence electrons. The second-order valence-corrected chi connectivity index (χ2v) is 6.15. The summed E-state index contributed by atoms with van der Waals surface area (Å²) in [4.78, 5) is 9.54. The van der Waals surface area contributed by atoms with Crippen molar-refractivity contribution in [2.45, 2.75) is 37.8 Å². The summed E-state index contributed by atoms with van der Waals surface area (Å²) in [7, 11) is 4.18. The van der Waals surface area contributed by atoms with Gasteiger partial charge in [0, 0.05) is 25.3 Å². The Morgan fingerprint density at radius 2 is 2.00 bits per heavy atom. The van der Waals surface area contributed by atoms with Crippen LogP contribution in [0.1, 0.15) is 37.3 Å². The van der Waals surface area contributed by atoms with Gasteiger partial charge in [-0.3, -0.25) is 4.90 Å². The summed E-state index contributed by atoms with van der Waals surface area (Å²) in [5, 5.41) is 3.15. The van der Waals surface area contributed by atoms with Crippen molar-refractivity contribution in [1.29, 1.82) is 0 Å². The van der Waals surface area contributed by atoms with E-state index in [9.17, 15) is 0 Å². The lowest BCUT2D eigenvalue weighted by atomic mass is 9.99. The molecule has 1 aromatic heterocycles. The highest BCUT2D eigenvalue weighted by molar-refractivity contribution is 5.38. The lowest BCUT2D eigenvalue weighted by molar-refractivity contribution is 0.110. The lowest BCUT2D eigenvalue weighted by Gasteiger charge is -2.38. The van der Waals surface area contributed by atoms with Gasteiger partial charge in [0.2, 0.25) is 0 Å². The zero-order valence-corrected chi connectivity index (χ0v) is 12.7. The Morgan fingerprint density at radius 3 is 2.75 bits per heavy atom. The molecule has 4 heteroatoms. The molecule has 1 N–H and O–H groups in total. The first kappa shape index (κ1) is 13.8. The zero-order chi connectivity index (χ0) is 13.9. The first-order chi connectivity index (χ1) is 9.78. The first-order valence-electron chi connectivity index (χ1n) is 7.86. The van der Waals surface area contributed by atoms with Crippen LogP contribution in [-0.4, -0.2) is 54.6 Å². The van der Waals surface area contributed by atoms with E-state index in [1.54, 1.807) is 0 Å². The molecule has 3 heterocycles. The van der Waals surface area contributed by atoms with E-state index in [-0.39, 0.29) is 0 Å². The second-order valence-electron chi connectivity index (χ2n) is 6.15. The second kappa shape index (κ2) is 6.10. The largest absolute Gasteiger partial charge is 0.373 e. The van der Waals surface area contributed by atoms with Crippen LogP contribution in [0.2, 0.25) is 0 Å². The van der Waals surface area contributed by atoms with Crippen molar-refractivity contribution in [3.63, 3.8) is 0 Å². The highest BCUT2D eigenvalue weighted by Gasteiger charge is 2.33. The van der Waals surface area contributed by atoms with Gasteiger partial charge in [-0.25, -0.2) is 4.98 Å². The monoisotopic (exact) mass is 274 g/mol. The quantitative estimate of drug-likeness (QED) is 0.917. The predicted molar refractivity (Wildman–Crippen MR) is 83.0 cm³/mol. The minimum atomic E-state index is 0.596. The average molecular weight is 274 g/mol. The number of likely N-dealkylation sites (tertiary alicyclic amines) is 2. The Hall–Kier alpha value is -1.13. The summed E-state index contributed by atoms with van der Waals surface area (Å²) in [6.45, 7) is 3.74.